The van der Waals surface area contributed by atoms with Crippen LogP contribution in [-0.4, -0.2) is 56.4 Å². The minimum atomic E-state index is -2.93. The van der Waals surface area contributed by atoms with Crippen molar-refractivity contribution in [3.05, 3.63) is 0 Å². The molecule has 2 aliphatic heterocycles. The number of hydrogen-bond donors (Lipinski definition) is 1. The molecule has 1 amide bonds. The average molecular weight is 297 g/mol. The number of nitrogens with one attached hydrogen (secondary N) is 1. The number of halogens is 1. The Hall–Kier alpha value is -0.330. The molecule has 0 aromatic carbocycles. The van der Waals surface area contributed by atoms with Gasteiger partial charge in [-0.15, -0.1) is 12.4 Å². The van der Waals surface area contributed by atoms with E-state index in [9.17, 15) is 13.2 Å². The smallest absolute Gasteiger partial charge is 0.239 e. The number of rotatable bonds is 1. The number of piperidine rings is 1. The minimum absolute atomic E-state index is 0. The van der Waals surface area contributed by atoms with E-state index in [4.69, 9.17) is 0 Å². The molecule has 0 spiro atoms. The molecule has 7 heteroatoms. The molecule has 2 rings (SSSR count). The van der Waals surface area contributed by atoms with E-state index in [0.29, 0.717) is 19.5 Å². The van der Waals surface area contributed by atoms with Crippen molar-refractivity contribution in [2.75, 3.05) is 31.1 Å². The quantitative estimate of drug-likeness (QED) is 0.750. The minimum Gasteiger partial charge on any atom is -0.340 e. The molecule has 18 heavy (non-hydrogen) atoms. The standard InChI is InChI=1S/C11H20N2O3S.ClH/c14-11(10-4-1-2-5-12-10)13-6-3-8-17(15,16)9-7-13;/h10,12H,1-9H2;1H. The van der Waals surface area contributed by atoms with E-state index in [2.05, 4.69) is 5.32 Å². The van der Waals surface area contributed by atoms with Crippen LogP contribution in [0.15, 0.2) is 0 Å². The third-order valence-corrected chi connectivity index (χ3v) is 5.19. The monoisotopic (exact) mass is 296 g/mol. The molecular formula is C11H21ClN2O3S. The van der Waals surface area contributed by atoms with Gasteiger partial charge < -0.3 is 10.2 Å². The van der Waals surface area contributed by atoms with E-state index in [1.165, 1.54) is 0 Å². The van der Waals surface area contributed by atoms with Crippen molar-refractivity contribution in [3.8, 4) is 0 Å². The second-order valence-electron chi connectivity index (χ2n) is 4.83. The van der Waals surface area contributed by atoms with Crippen molar-refractivity contribution in [2.45, 2.75) is 31.7 Å². The Labute approximate surface area is 115 Å². The van der Waals surface area contributed by atoms with E-state index >= 15 is 0 Å². The summed E-state index contributed by atoms with van der Waals surface area (Å²) in [7, 11) is -2.93. The first kappa shape index (κ1) is 15.7. The van der Waals surface area contributed by atoms with E-state index in [-0.39, 0.29) is 35.9 Å². The van der Waals surface area contributed by atoms with Gasteiger partial charge in [0.1, 0.15) is 0 Å². The van der Waals surface area contributed by atoms with Gasteiger partial charge in [-0.1, -0.05) is 6.42 Å². The maximum absolute atomic E-state index is 12.2. The van der Waals surface area contributed by atoms with Crippen LogP contribution in [0.1, 0.15) is 25.7 Å². The van der Waals surface area contributed by atoms with E-state index in [1.807, 2.05) is 0 Å². The van der Waals surface area contributed by atoms with Crippen LogP contribution in [0.4, 0.5) is 0 Å². The molecular weight excluding hydrogens is 276 g/mol. The largest absolute Gasteiger partial charge is 0.340 e. The highest BCUT2D eigenvalue weighted by Gasteiger charge is 2.28. The first-order chi connectivity index (χ1) is 8.08. The normalized spacial score (nSPS) is 28.0. The zero-order valence-corrected chi connectivity index (χ0v) is 12.1. The van der Waals surface area contributed by atoms with Crippen LogP contribution in [0.3, 0.4) is 0 Å². The van der Waals surface area contributed by atoms with Gasteiger partial charge in [-0.05, 0) is 25.8 Å². The Bertz CT molecular complexity index is 380. The van der Waals surface area contributed by atoms with Gasteiger partial charge in [0.25, 0.3) is 0 Å². The molecule has 5 nitrogen and oxygen atoms in total. The molecule has 1 atom stereocenters. The third-order valence-electron chi connectivity index (χ3n) is 3.48. The summed E-state index contributed by atoms with van der Waals surface area (Å²) >= 11 is 0. The number of amides is 1. The average Bonchev–Trinajstić information content (AvgIpc) is 2.50. The summed E-state index contributed by atoms with van der Waals surface area (Å²) in [5, 5.41) is 3.22. The van der Waals surface area contributed by atoms with E-state index in [1.54, 1.807) is 4.90 Å². The summed E-state index contributed by atoms with van der Waals surface area (Å²) in [6.45, 7) is 1.83. The molecule has 1 N–H and O–H groups in total. The highest BCUT2D eigenvalue weighted by Crippen LogP contribution is 2.12. The predicted molar refractivity (Wildman–Crippen MR) is 72.7 cm³/mol. The zero-order chi connectivity index (χ0) is 12.3. The Morgan fingerprint density at radius 2 is 1.89 bits per heavy atom. The van der Waals surface area contributed by atoms with Gasteiger partial charge in [-0.2, -0.15) is 0 Å². The number of carbonyl (C=O) groups is 1. The maximum atomic E-state index is 12.2. The lowest BCUT2D eigenvalue weighted by molar-refractivity contribution is -0.133. The number of carbonyl (C=O) groups excluding carboxylic acids is 1. The van der Waals surface area contributed by atoms with Gasteiger partial charge >= 0.3 is 0 Å². The summed E-state index contributed by atoms with van der Waals surface area (Å²) in [6.07, 6.45) is 3.65. The molecule has 0 bridgehead atoms. The SMILES string of the molecule is Cl.O=C(C1CCCCN1)N1CCCS(=O)(=O)CC1. The Morgan fingerprint density at radius 3 is 2.56 bits per heavy atom. The zero-order valence-electron chi connectivity index (χ0n) is 10.4. The summed E-state index contributed by atoms with van der Waals surface area (Å²) in [4.78, 5) is 13.9. The number of hydrogen-bond acceptors (Lipinski definition) is 4. The topological polar surface area (TPSA) is 66.5 Å². The summed E-state index contributed by atoms with van der Waals surface area (Å²) in [5.74, 6) is 0.419. The van der Waals surface area contributed by atoms with E-state index < -0.39 is 9.84 Å². The maximum Gasteiger partial charge on any atom is 0.239 e. The summed E-state index contributed by atoms with van der Waals surface area (Å²) in [6, 6.07) is -0.0930. The fraction of sp³-hybridized carbons (Fsp3) is 0.909. The molecule has 0 saturated carbocycles. The second-order valence-corrected chi connectivity index (χ2v) is 7.14. The third kappa shape index (κ3) is 4.10. The van der Waals surface area contributed by atoms with Crippen molar-refractivity contribution < 1.29 is 13.2 Å². The van der Waals surface area contributed by atoms with Crippen LogP contribution >= 0.6 is 12.4 Å². The molecule has 1 unspecified atom stereocenters. The highest BCUT2D eigenvalue weighted by atomic mass is 35.5. The molecule has 106 valence electrons. The van der Waals surface area contributed by atoms with Gasteiger partial charge in [0.15, 0.2) is 9.84 Å². The van der Waals surface area contributed by atoms with Crippen LogP contribution in [0.5, 0.6) is 0 Å². The first-order valence-electron chi connectivity index (χ1n) is 6.31. The Balaban J connectivity index is 0.00000162. The molecule has 2 fully saturated rings. The Kier molecular flexibility index (Phi) is 5.88. The molecule has 0 aromatic rings. The lowest BCUT2D eigenvalue weighted by atomic mass is 10.0. The predicted octanol–water partition coefficient (Wildman–Crippen LogP) is 0.197. The molecule has 0 aromatic heterocycles. The highest BCUT2D eigenvalue weighted by molar-refractivity contribution is 7.91. The van der Waals surface area contributed by atoms with Crippen molar-refractivity contribution in [1.82, 2.24) is 10.2 Å². The van der Waals surface area contributed by atoms with Gasteiger partial charge in [0, 0.05) is 13.1 Å². The van der Waals surface area contributed by atoms with Crippen LogP contribution < -0.4 is 5.32 Å². The van der Waals surface area contributed by atoms with Gasteiger partial charge in [0.2, 0.25) is 5.91 Å². The molecule has 0 aliphatic carbocycles. The van der Waals surface area contributed by atoms with Crippen LogP contribution in [0.2, 0.25) is 0 Å². The van der Waals surface area contributed by atoms with Crippen LogP contribution in [0.25, 0.3) is 0 Å². The summed E-state index contributed by atoms with van der Waals surface area (Å²) in [5.41, 5.74) is 0. The molecule has 2 aliphatic rings. The van der Waals surface area contributed by atoms with Crippen molar-refractivity contribution >= 4 is 28.2 Å². The fourth-order valence-corrected chi connectivity index (χ4v) is 3.71. The summed E-state index contributed by atoms with van der Waals surface area (Å²) < 4.78 is 22.9. The second kappa shape index (κ2) is 6.73. The van der Waals surface area contributed by atoms with E-state index in [0.717, 1.165) is 25.8 Å². The number of nitrogens with zero attached hydrogens (tertiary/aromatic N) is 1. The van der Waals surface area contributed by atoms with Crippen LogP contribution in [-0.2, 0) is 14.6 Å². The Morgan fingerprint density at radius 1 is 1.11 bits per heavy atom. The lowest BCUT2D eigenvalue weighted by Crippen LogP contribution is -2.49. The van der Waals surface area contributed by atoms with Crippen molar-refractivity contribution in [3.63, 3.8) is 0 Å². The van der Waals surface area contributed by atoms with Gasteiger partial charge in [-0.3, -0.25) is 4.79 Å². The fourth-order valence-electron chi connectivity index (χ4n) is 2.44. The van der Waals surface area contributed by atoms with Crippen LogP contribution in [0, 0.1) is 0 Å². The van der Waals surface area contributed by atoms with Gasteiger partial charge in [-0.25, -0.2) is 8.42 Å². The van der Waals surface area contributed by atoms with Crippen molar-refractivity contribution in [2.24, 2.45) is 0 Å². The number of sulfone groups is 1. The lowest BCUT2D eigenvalue weighted by Gasteiger charge is -2.28. The molecule has 0 radical (unpaired) electrons. The van der Waals surface area contributed by atoms with Gasteiger partial charge in [0.05, 0.1) is 17.5 Å². The molecule has 2 heterocycles. The first-order valence-corrected chi connectivity index (χ1v) is 8.13. The molecule has 2 saturated heterocycles. The van der Waals surface area contributed by atoms with Crippen molar-refractivity contribution in [1.29, 1.82) is 0 Å².